The molecular weight excluding hydrogens is 404 g/mol. The highest BCUT2D eigenvalue weighted by Crippen LogP contribution is 2.23. The first-order valence-electron chi connectivity index (χ1n) is 9.95. The van der Waals surface area contributed by atoms with Crippen molar-refractivity contribution in [2.24, 2.45) is 0 Å². The average Bonchev–Trinajstić information content (AvgIpc) is 3.46. The molecule has 0 unspecified atom stereocenters. The van der Waals surface area contributed by atoms with Gasteiger partial charge in [-0.2, -0.15) is 10.4 Å². The molecule has 2 aromatic carbocycles. The number of anilines is 1. The number of para-hydroxylation sites is 2. The molecule has 32 heavy (non-hydrogen) atoms. The van der Waals surface area contributed by atoms with Gasteiger partial charge in [-0.3, -0.25) is 4.79 Å². The van der Waals surface area contributed by atoms with Gasteiger partial charge in [0.1, 0.15) is 29.7 Å². The summed E-state index contributed by atoms with van der Waals surface area (Å²) in [5.41, 5.74) is 1.98. The molecule has 0 radical (unpaired) electrons. The summed E-state index contributed by atoms with van der Waals surface area (Å²) in [5.74, 6) is 1.13. The summed E-state index contributed by atoms with van der Waals surface area (Å²) < 4.78 is 13.0. The standard InChI is InChI=1S/C25H20N4O3/c1-2-8-18-9-6-7-12-22(18)31-17-21-13-14-23(32-21)25(30)28-24-19(15-26)16-27-29(24)20-10-4-3-5-11-20/h2-7,9-14,16H,1,8,17H2,(H,28,30). The Kier molecular flexibility index (Phi) is 6.14. The van der Waals surface area contributed by atoms with Crippen molar-refractivity contribution in [2.75, 3.05) is 5.32 Å². The second kappa shape index (κ2) is 9.49. The zero-order chi connectivity index (χ0) is 22.3. The Morgan fingerprint density at radius 1 is 1.16 bits per heavy atom. The molecule has 0 aliphatic carbocycles. The van der Waals surface area contributed by atoms with E-state index in [1.165, 1.54) is 10.9 Å². The van der Waals surface area contributed by atoms with E-state index in [9.17, 15) is 10.1 Å². The monoisotopic (exact) mass is 424 g/mol. The normalized spacial score (nSPS) is 10.3. The number of carbonyl (C=O) groups is 1. The molecule has 4 rings (SSSR count). The predicted octanol–water partition coefficient (Wildman–Crippen LogP) is 4.90. The first-order chi connectivity index (χ1) is 15.7. The van der Waals surface area contributed by atoms with Crippen LogP contribution in [-0.4, -0.2) is 15.7 Å². The number of furan rings is 1. The van der Waals surface area contributed by atoms with Gasteiger partial charge in [-0.25, -0.2) is 4.68 Å². The van der Waals surface area contributed by atoms with E-state index in [4.69, 9.17) is 9.15 Å². The van der Waals surface area contributed by atoms with E-state index < -0.39 is 5.91 Å². The fourth-order valence-corrected chi connectivity index (χ4v) is 3.18. The number of nitriles is 1. The third-order valence-electron chi connectivity index (χ3n) is 4.71. The fourth-order valence-electron chi connectivity index (χ4n) is 3.18. The van der Waals surface area contributed by atoms with Crippen molar-refractivity contribution < 1.29 is 13.9 Å². The van der Waals surface area contributed by atoms with Gasteiger partial charge in [-0.05, 0) is 42.3 Å². The first-order valence-corrected chi connectivity index (χ1v) is 9.95. The quantitative estimate of drug-likeness (QED) is 0.406. The van der Waals surface area contributed by atoms with Crippen LogP contribution in [0.1, 0.15) is 27.4 Å². The van der Waals surface area contributed by atoms with Crippen LogP contribution in [0.3, 0.4) is 0 Å². The Morgan fingerprint density at radius 2 is 1.94 bits per heavy atom. The molecule has 7 heteroatoms. The highest BCUT2D eigenvalue weighted by molar-refractivity contribution is 6.02. The number of allylic oxidation sites excluding steroid dienone is 1. The summed E-state index contributed by atoms with van der Waals surface area (Å²) in [5, 5.41) is 16.4. The number of benzene rings is 2. The number of hydrogen-bond acceptors (Lipinski definition) is 5. The minimum atomic E-state index is -0.488. The number of aromatic nitrogens is 2. The predicted molar refractivity (Wildman–Crippen MR) is 120 cm³/mol. The highest BCUT2D eigenvalue weighted by Gasteiger charge is 2.18. The molecule has 0 fully saturated rings. The fraction of sp³-hybridized carbons (Fsp3) is 0.0800. The van der Waals surface area contributed by atoms with Crippen molar-refractivity contribution in [1.82, 2.24) is 9.78 Å². The summed E-state index contributed by atoms with van der Waals surface area (Å²) in [6, 6.07) is 22.2. The van der Waals surface area contributed by atoms with Gasteiger partial charge < -0.3 is 14.5 Å². The van der Waals surface area contributed by atoms with Gasteiger partial charge in [0.05, 0.1) is 11.9 Å². The third kappa shape index (κ3) is 4.45. The van der Waals surface area contributed by atoms with Crippen LogP contribution in [0.4, 0.5) is 5.82 Å². The largest absolute Gasteiger partial charge is 0.485 e. The number of nitrogens with one attached hydrogen (secondary N) is 1. The van der Waals surface area contributed by atoms with Crippen LogP contribution in [0, 0.1) is 11.3 Å². The molecule has 4 aromatic rings. The van der Waals surface area contributed by atoms with Gasteiger partial charge in [0.25, 0.3) is 5.91 Å². The zero-order valence-electron chi connectivity index (χ0n) is 17.2. The average molecular weight is 424 g/mol. The molecule has 1 N–H and O–H groups in total. The maximum absolute atomic E-state index is 12.8. The molecule has 7 nitrogen and oxygen atoms in total. The van der Waals surface area contributed by atoms with Gasteiger partial charge in [0, 0.05) is 0 Å². The molecular formula is C25H20N4O3. The van der Waals surface area contributed by atoms with Crippen LogP contribution >= 0.6 is 0 Å². The molecule has 0 aliphatic heterocycles. The first kappa shape index (κ1) is 20.7. The van der Waals surface area contributed by atoms with Crippen LogP contribution in [0.2, 0.25) is 0 Å². The molecule has 0 saturated heterocycles. The van der Waals surface area contributed by atoms with Crippen molar-refractivity contribution in [1.29, 1.82) is 5.26 Å². The van der Waals surface area contributed by atoms with Crippen LogP contribution in [0.25, 0.3) is 5.69 Å². The lowest BCUT2D eigenvalue weighted by molar-refractivity contribution is 0.0992. The molecule has 0 spiro atoms. The number of nitrogens with zero attached hydrogens (tertiary/aromatic N) is 3. The van der Waals surface area contributed by atoms with E-state index in [-0.39, 0.29) is 23.7 Å². The molecule has 2 aromatic heterocycles. The second-order valence-corrected chi connectivity index (χ2v) is 6.88. The van der Waals surface area contributed by atoms with Crippen molar-refractivity contribution >= 4 is 11.7 Å². The van der Waals surface area contributed by atoms with Gasteiger partial charge >= 0.3 is 0 Å². The van der Waals surface area contributed by atoms with Gasteiger partial charge in [-0.1, -0.05) is 42.5 Å². The zero-order valence-corrected chi connectivity index (χ0v) is 17.2. The minimum absolute atomic E-state index is 0.104. The van der Waals surface area contributed by atoms with E-state index in [1.807, 2.05) is 66.7 Å². The Balaban J connectivity index is 1.48. The third-order valence-corrected chi connectivity index (χ3v) is 4.71. The number of carbonyl (C=O) groups excluding carboxylic acids is 1. The van der Waals surface area contributed by atoms with E-state index in [2.05, 4.69) is 17.0 Å². The molecule has 0 aliphatic rings. The highest BCUT2D eigenvalue weighted by atomic mass is 16.5. The van der Waals surface area contributed by atoms with Gasteiger partial charge in [-0.15, -0.1) is 6.58 Å². The Labute approximate surface area is 185 Å². The smallest absolute Gasteiger partial charge is 0.292 e. The Bertz CT molecular complexity index is 1280. The maximum atomic E-state index is 12.8. The Morgan fingerprint density at radius 3 is 2.72 bits per heavy atom. The van der Waals surface area contributed by atoms with Crippen molar-refractivity contribution in [2.45, 2.75) is 13.0 Å². The summed E-state index contributed by atoms with van der Waals surface area (Å²) in [7, 11) is 0. The lowest BCUT2D eigenvalue weighted by Crippen LogP contribution is -2.15. The van der Waals surface area contributed by atoms with E-state index in [0.29, 0.717) is 12.2 Å². The maximum Gasteiger partial charge on any atom is 0.292 e. The van der Waals surface area contributed by atoms with Gasteiger partial charge in [0.15, 0.2) is 11.6 Å². The van der Waals surface area contributed by atoms with Crippen molar-refractivity contribution in [3.8, 4) is 17.5 Å². The summed E-state index contributed by atoms with van der Waals surface area (Å²) >= 11 is 0. The van der Waals surface area contributed by atoms with E-state index >= 15 is 0 Å². The van der Waals surface area contributed by atoms with Crippen LogP contribution in [0.5, 0.6) is 5.75 Å². The summed E-state index contributed by atoms with van der Waals surface area (Å²) in [4.78, 5) is 12.8. The number of rotatable bonds is 8. The molecule has 1 amide bonds. The number of ether oxygens (including phenoxy) is 1. The molecule has 158 valence electrons. The van der Waals surface area contributed by atoms with Crippen molar-refractivity contribution in [3.63, 3.8) is 0 Å². The molecule has 2 heterocycles. The van der Waals surface area contributed by atoms with Gasteiger partial charge in [0.2, 0.25) is 0 Å². The summed E-state index contributed by atoms with van der Waals surface area (Å²) in [6.45, 7) is 3.94. The van der Waals surface area contributed by atoms with Crippen LogP contribution in [0.15, 0.2) is 90.0 Å². The van der Waals surface area contributed by atoms with E-state index in [0.717, 1.165) is 17.0 Å². The van der Waals surface area contributed by atoms with Crippen LogP contribution in [-0.2, 0) is 13.0 Å². The molecule has 0 bridgehead atoms. The van der Waals surface area contributed by atoms with Crippen LogP contribution < -0.4 is 10.1 Å². The SMILES string of the molecule is C=CCc1ccccc1OCc1ccc(C(=O)Nc2c(C#N)cnn2-c2ccccc2)o1. The lowest BCUT2D eigenvalue weighted by Gasteiger charge is -2.09. The number of amides is 1. The Hall–Kier alpha value is -4.57. The molecule has 0 atom stereocenters. The van der Waals surface area contributed by atoms with Crippen molar-refractivity contribution in [3.05, 3.63) is 108 Å². The second-order valence-electron chi connectivity index (χ2n) is 6.88. The van der Waals surface area contributed by atoms with E-state index in [1.54, 1.807) is 12.1 Å². The topological polar surface area (TPSA) is 93.1 Å². The minimum Gasteiger partial charge on any atom is -0.485 e. The molecule has 0 saturated carbocycles. The number of hydrogen-bond donors (Lipinski definition) is 1. The summed E-state index contributed by atoms with van der Waals surface area (Å²) in [6.07, 6.45) is 3.91. The lowest BCUT2D eigenvalue weighted by atomic mass is 10.1.